The summed E-state index contributed by atoms with van der Waals surface area (Å²) in [6.07, 6.45) is 0.525. The van der Waals surface area contributed by atoms with Gasteiger partial charge in [-0.25, -0.2) is 0 Å². The lowest BCUT2D eigenvalue weighted by molar-refractivity contribution is 0.196. The maximum atomic E-state index is 9.10. The molecule has 0 aliphatic rings. The van der Waals surface area contributed by atoms with Gasteiger partial charge in [0.25, 0.3) is 0 Å². The van der Waals surface area contributed by atoms with Gasteiger partial charge in [-0.3, -0.25) is 0 Å². The first kappa shape index (κ1) is 9.23. The van der Waals surface area contributed by atoms with Gasteiger partial charge in [0, 0.05) is 20.6 Å². The Kier molecular flexibility index (Phi) is 3.10. The maximum Gasteiger partial charge on any atom is 0.0560 e. The summed E-state index contributed by atoms with van der Waals surface area (Å²) in [6, 6.07) is 2.08. The van der Waals surface area contributed by atoms with Crippen LogP contribution in [0.4, 0.5) is 0 Å². The number of thiophene rings is 1. The van der Waals surface area contributed by atoms with Crippen LogP contribution in [-0.2, 0) is 6.42 Å². The van der Waals surface area contributed by atoms with Gasteiger partial charge in [-0.1, -0.05) is 0 Å². The van der Waals surface area contributed by atoms with Crippen molar-refractivity contribution in [2.45, 2.75) is 26.4 Å². The summed E-state index contributed by atoms with van der Waals surface area (Å²) >= 11 is 5.17. The normalized spacial score (nSPS) is 13.5. The number of aryl methyl sites for hydroxylation is 1. The Balaban J connectivity index is 2.73. The SMILES string of the molecule is Cc1sc(C[C@@H](C)O)cc1Br. The minimum atomic E-state index is -0.236. The maximum absolute atomic E-state index is 9.10. The summed E-state index contributed by atoms with van der Waals surface area (Å²) in [5, 5.41) is 9.10. The Morgan fingerprint density at radius 3 is 2.73 bits per heavy atom. The van der Waals surface area contributed by atoms with Gasteiger partial charge in [0.1, 0.15) is 0 Å². The largest absolute Gasteiger partial charge is 0.393 e. The van der Waals surface area contributed by atoms with Crippen LogP contribution in [0.3, 0.4) is 0 Å². The van der Waals surface area contributed by atoms with Crippen molar-refractivity contribution in [2.75, 3.05) is 0 Å². The van der Waals surface area contributed by atoms with E-state index in [1.165, 1.54) is 9.75 Å². The molecule has 0 aliphatic heterocycles. The molecule has 3 heteroatoms. The Labute approximate surface area is 79.2 Å². The molecule has 1 heterocycles. The van der Waals surface area contributed by atoms with E-state index in [4.69, 9.17) is 5.11 Å². The summed E-state index contributed by atoms with van der Waals surface area (Å²) < 4.78 is 1.15. The summed E-state index contributed by atoms with van der Waals surface area (Å²) in [4.78, 5) is 2.52. The minimum absolute atomic E-state index is 0.236. The molecule has 62 valence electrons. The van der Waals surface area contributed by atoms with Crippen LogP contribution in [0.1, 0.15) is 16.7 Å². The summed E-state index contributed by atoms with van der Waals surface area (Å²) in [5.41, 5.74) is 0. The molecule has 1 nitrogen and oxygen atoms in total. The van der Waals surface area contributed by atoms with Gasteiger partial charge >= 0.3 is 0 Å². The van der Waals surface area contributed by atoms with E-state index in [9.17, 15) is 0 Å². The highest BCUT2D eigenvalue weighted by Crippen LogP contribution is 2.26. The predicted molar refractivity (Wildman–Crippen MR) is 52.1 cm³/mol. The fourth-order valence-corrected chi connectivity index (χ4v) is 2.63. The number of hydrogen-bond acceptors (Lipinski definition) is 2. The van der Waals surface area contributed by atoms with E-state index >= 15 is 0 Å². The average Bonchev–Trinajstić information content (AvgIpc) is 2.10. The third-order valence-electron chi connectivity index (χ3n) is 1.40. The first-order valence-electron chi connectivity index (χ1n) is 3.52. The quantitative estimate of drug-likeness (QED) is 0.835. The van der Waals surface area contributed by atoms with Gasteiger partial charge in [0.05, 0.1) is 6.10 Å². The molecule has 0 aliphatic carbocycles. The van der Waals surface area contributed by atoms with Crippen molar-refractivity contribution in [3.63, 3.8) is 0 Å². The second kappa shape index (κ2) is 3.70. The molecule has 1 N–H and O–H groups in total. The highest BCUT2D eigenvalue weighted by atomic mass is 79.9. The Bertz CT molecular complexity index is 223. The highest BCUT2D eigenvalue weighted by molar-refractivity contribution is 9.10. The molecule has 11 heavy (non-hydrogen) atoms. The van der Waals surface area contributed by atoms with Crippen LogP contribution < -0.4 is 0 Å². The average molecular weight is 235 g/mol. The number of halogens is 1. The number of rotatable bonds is 2. The topological polar surface area (TPSA) is 20.2 Å². The summed E-state index contributed by atoms with van der Waals surface area (Å²) in [6.45, 7) is 3.88. The molecule has 0 radical (unpaired) electrons. The molecule has 0 saturated heterocycles. The van der Waals surface area contributed by atoms with Crippen molar-refractivity contribution >= 4 is 27.3 Å². The van der Waals surface area contributed by atoms with Crippen LogP contribution >= 0.6 is 27.3 Å². The van der Waals surface area contributed by atoms with Crippen molar-refractivity contribution in [1.29, 1.82) is 0 Å². The molecular formula is C8H11BrOS. The van der Waals surface area contributed by atoms with Crippen molar-refractivity contribution in [1.82, 2.24) is 0 Å². The van der Waals surface area contributed by atoms with E-state index in [-0.39, 0.29) is 6.10 Å². The smallest absolute Gasteiger partial charge is 0.0560 e. The lowest BCUT2D eigenvalue weighted by Crippen LogP contribution is -2.01. The molecule has 1 atom stereocenters. The van der Waals surface area contributed by atoms with E-state index in [1.807, 2.05) is 6.92 Å². The summed E-state index contributed by atoms with van der Waals surface area (Å²) in [7, 11) is 0. The van der Waals surface area contributed by atoms with E-state index in [0.29, 0.717) is 0 Å². The van der Waals surface area contributed by atoms with Gasteiger partial charge in [-0.2, -0.15) is 0 Å². The first-order chi connectivity index (χ1) is 5.09. The summed E-state index contributed by atoms with van der Waals surface area (Å²) in [5.74, 6) is 0. The van der Waals surface area contributed by atoms with Crippen LogP contribution in [0, 0.1) is 6.92 Å². The third-order valence-corrected chi connectivity index (χ3v) is 3.56. The third kappa shape index (κ3) is 2.58. The van der Waals surface area contributed by atoms with Crippen LogP contribution in [0.25, 0.3) is 0 Å². The van der Waals surface area contributed by atoms with Gasteiger partial charge in [-0.05, 0) is 35.8 Å². The lowest BCUT2D eigenvalue weighted by atomic mass is 10.2. The van der Waals surface area contributed by atoms with Crippen molar-refractivity contribution in [2.24, 2.45) is 0 Å². The Hall–Kier alpha value is 0.140. The molecule has 0 aromatic carbocycles. The molecular weight excluding hydrogens is 224 g/mol. The van der Waals surface area contributed by atoms with Crippen LogP contribution in [0.5, 0.6) is 0 Å². The molecule has 1 aromatic rings. The Morgan fingerprint density at radius 2 is 2.36 bits per heavy atom. The van der Waals surface area contributed by atoms with E-state index in [2.05, 4.69) is 28.9 Å². The second-order valence-electron chi connectivity index (χ2n) is 2.67. The zero-order valence-electron chi connectivity index (χ0n) is 6.60. The van der Waals surface area contributed by atoms with Gasteiger partial charge < -0.3 is 5.11 Å². The molecule has 0 amide bonds. The molecule has 0 saturated carbocycles. The van der Waals surface area contributed by atoms with E-state index in [1.54, 1.807) is 11.3 Å². The standard InChI is InChI=1S/C8H11BrOS/c1-5(10)3-7-4-8(9)6(2)11-7/h4-5,10H,3H2,1-2H3/t5-/m1/s1. The zero-order chi connectivity index (χ0) is 8.43. The van der Waals surface area contributed by atoms with E-state index in [0.717, 1.165) is 10.9 Å². The monoisotopic (exact) mass is 234 g/mol. The van der Waals surface area contributed by atoms with E-state index < -0.39 is 0 Å². The molecule has 1 rings (SSSR count). The molecule has 0 fully saturated rings. The molecule has 0 spiro atoms. The fraction of sp³-hybridized carbons (Fsp3) is 0.500. The van der Waals surface area contributed by atoms with Crippen molar-refractivity contribution in [3.05, 3.63) is 20.3 Å². The zero-order valence-corrected chi connectivity index (χ0v) is 9.00. The fourth-order valence-electron chi connectivity index (χ4n) is 0.910. The van der Waals surface area contributed by atoms with Crippen LogP contribution in [0.2, 0.25) is 0 Å². The number of hydrogen-bond donors (Lipinski definition) is 1. The number of aliphatic hydroxyl groups excluding tert-OH is 1. The van der Waals surface area contributed by atoms with Crippen LogP contribution in [0.15, 0.2) is 10.5 Å². The van der Waals surface area contributed by atoms with Crippen molar-refractivity contribution < 1.29 is 5.11 Å². The highest BCUT2D eigenvalue weighted by Gasteiger charge is 2.04. The number of aliphatic hydroxyl groups is 1. The van der Waals surface area contributed by atoms with Crippen LogP contribution in [-0.4, -0.2) is 11.2 Å². The van der Waals surface area contributed by atoms with Gasteiger partial charge in [-0.15, -0.1) is 11.3 Å². The minimum Gasteiger partial charge on any atom is -0.393 e. The van der Waals surface area contributed by atoms with Crippen molar-refractivity contribution in [3.8, 4) is 0 Å². The Morgan fingerprint density at radius 1 is 1.73 bits per heavy atom. The van der Waals surface area contributed by atoms with Gasteiger partial charge in [0.2, 0.25) is 0 Å². The molecule has 0 bridgehead atoms. The first-order valence-corrected chi connectivity index (χ1v) is 5.13. The van der Waals surface area contributed by atoms with Gasteiger partial charge in [0.15, 0.2) is 0 Å². The lowest BCUT2D eigenvalue weighted by Gasteiger charge is -1.98. The second-order valence-corrected chi connectivity index (χ2v) is 4.87. The predicted octanol–water partition coefficient (Wildman–Crippen LogP) is 2.74. The molecule has 1 aromatic heterocycles. The molecule has 0 unspecified atom stereocenters.